The van der Waals surface area contributed by atoms with E-state index in [1.165, 1.54) is 28.1 Å². The van der Waals surface area contributed by atoms with Gasteiger partial charge in [0, 0.05) is 25.0 Å². The first-order valence-corrected chi connectivity index (χ1v) is 11.5. The summed E-state index contributed by atoms with van der Waals surface area (Å²) in [5.74, 6) is -1.27. The Morgan fingerprint density at radius 1 is 1.11 bits per heavy atom. The highest BCUT2D eigenvalue weighted by atomic mass is 35.5. The Morgan fingerprint density at radius 3 is 2.69 bits per heavy atom. The molecule has 1 saturated heterocycles. The van der Waals surface area contributed by atoms with Gasteiger partial charge in [-0.05, 0) is 41.5 Å². The predicted molar refractivity (Wildman–Crippen MR) is 131 cm³/mol. The van der Waals surface area contributed by atoms with Crippen LogP contribution in [-0.2, 0) is 20.9 Å². The van der Waals surface area contributed by atoms with Crippen LogP contribution in [-0.4, -0.2) is 47.5 Å². The van der Waals surface area contributed by atoms with Crippen molar-refractivity contribution in [3.05, 3.63) is 82.8 Å². The van der Waals surface area contributed by atoms with Crippen molar-refractivity contribution in [1.82, 2.24) is 9.88 Å². The third-order valence-electron chi connectivity index (χ3n) is 5.98. The molecular weight excluding hydrogens is 489 g/mol. The number of ether oxygens (including phenoxy) is 1. The lowest BCUT2D eigenvalue weighted by Gasteiger charge is -2.27. The summed E-state index contributed by atoms with van der Waals surface area (Å²) in [6, 6.07) is 12.9. The molecule has 1 fully saturated rings. The first-order valence-electron chi connectivity index (χ1n) is 11.2. The van der Waals surface area contributed by atoms with Gasteiger partial charge in [-0.25, -0.2) is 14.2 Å². The Bertz CT molecular complexity index is 1340. The molecule has 5 rings (SSSR count). The fraction of sp³-hybridized carbons (Fsp3) is 0.200. The van der Waals surface area contributed by atoms with E-state index in [1.807, 2.05) is 12.1 Å². The number of rotatable bonds is 4. The van der Waals surface area contributed by atoms with Gasteiger partial charge in [0.15, 0.2) is 0 Å². The van der Waals surface area contributed by atoms with E-state index in [0.29, 0.717) is 29.4 Å². The first kappa shape index (κ1) is 23.7. The number of carbonyl (C=O) groups is 3. The Kier molecular flexibility index (Phi) is 6.53. The average Bonchev–Trinajstić information content (AvgIpc) is 3.27. The van der Waals surface area contributed by atoms with E-state index in [9.17, 15) is 18.8 Å². The fourth-order valence-electron chi connectivity index (χ4n) is 4.26. The van der Waals surface area contributed by atoms with Crippen molar-refractivity contribution in [2.75, 3.05) is 35.3 Å². The summed E-state index contributed by atoms with van der Waals surface area (Å²) in [6.45, 7) is 0.796. The normalized spacial score (nSPS) is 17.1. The second-order valence-electron chi connectivity index (χ2n) is 8.27. The van der Waals surface area contributed by atoms with Gasteiger partial charge < -0.3 is 19.9 Å². The van der Waals surface area contributed by atoms with Crippen LogP contribution >= 0.6 is 11.6 Å². The molecule has 184 valence electrons. The number of pyridine rings is 1. The summed E-state index contributed by atoms with van der Waals surface area (Å²) in [5, 5.41) is 5.68. The van der Waals surface area contributed by atoms with E-state index in [4.69, 9.17) is 16.3 Å². The number of benzene rings is 2. The number of halogens is 2. The van der Waals surface area contributed by atoms with Gasteiger partial charge in [-0.1, -0.05) is 35.9 Å². The molecule has 36 heavy (non-hydrogen) atoms. The molecule has 2 aromatic carbocycles. The smallest absolute Gasteiger partial charge is 0.324 e. The standard InChI is InChI=1S/C25H21ClFN5O4/c26-16-5-8-21(28-12-16)30-25(35)32-13-15-3-1-2-4-18(15)23(32)24(34)29-20-7-6-17(11-19(20)27)31-9-10-36-14-22(31)33/h1-8,11-12,23H,9-10,13-14H2,(H,29,34)(H,28,30,35). The molecule has 3 aromatic rings. The lowest BCUT2D eigenvalue weighted by atomic mass is 10.0. The van der Waals surface area contributed by atoms with Crippen LogP contribution in [0.5, 0.6) is 0 Å². The molecule has 2 aliphatic heterocycles. The van der Waals surface area contributed by atoms with Crippen molar-refractivity contribution >= 4 is 46.6 Å². The maximum absolute atomic E-state index is 15.0. The van der Waals surface area contributed by atoms with Crippen LogP contribution in [0.2, 0.25) is 5.02 Å². The van der Waals surface area contributed by atoms with Crippen molar-refractivity contribution in [3.63, 3.8) is 0 Å². The Morgan fingerprint density at radius 2 is 1.94 bits per heavy atom. The van der Waals surface area contributed by atoms with Crippen LogP contribution in [0.25, 0.3) is 0 Å². The molecule has 0 spiro atoms. The second kappa shape index (κ2) is 9.92. The molecule has 9 nitrogen and oxygen atoms in total. The number of nitrogens with zero attached hydrogens (tertiary/aromatic N) is 3. The van der Waals surface area contributed by atoms with Crippen molar-refractivity contribution < 1.29 is 23.5 Å². The van der Waals surface area contributed by atoms with Crippen LogP contribution in [0.1, 0.15) is 17.2 Å². The summed E-state index contributed by atoms with van der Waals surface area (Å²) in [5.41, 5.74) is 1.76. The summed E-state index contributed by atoms with van der Waals surface area (Å²) < 4.78 is 20.1. The molecular formula is C25H21ClFN5O4. The van der Waals surface area contributed by atoms with Gasteiger partial charge in [0.25, 0.3) is 11.8 Å². The lowest BCUT2D eigenvalue weighted by molar-refractivity contribution is -0.125. The number of fused-ring (bicyclic) bond motifs is 1. The predicted octanol–water partition coefficient (Wildman–Crippen LogP) is 3.96. The fourth-order valence-corrected chi connectivity index (χ4v) is 4.37. The first-order chi connectivity index (χ1) is 17.4. The van der Waals surface area contributed by atoms with E-state index < -0.39 is 23.8 Å². The summed E-state index contributed by atoms with van der Waals surface area (Å²) in [4.78, 5) is 45.4. The highest BCUT2D eigenvalue weighted by Crippen LogP contribution is 2.35. The number of urea groups is 1. The monoisotopic (exact) mass is 509 g/mol. The zero-order valence-corrected chi connectivity index (χ0v) is 19.7. The van der Waals surface area contributed by atoms with Gasteiger partial charge >= 0.3 is 6.03 Å². The SMILES string of the molecule is O=C(Nc1ccc(N2CCOCC2=O)cc1F)C1c2ccccc2CN1C(=O)Nc1ccc(Cl)cn1. The highest BCUT2D eigenvalue weighted by Gasteiger charge is 2.39. The summed E-state index contributed by atoms with van der Waals surface area (Å²) in [6.07, 6.45) is 1.40. The van der Waals surface area contributed by atoms with E-state index in [2.05, 4.69) is 15.6 Å². The third-order valence-corrected chi connectivity index (χ3v) is 6.21. The summed E-state index contributed by atoms with van der Waals surface area (Å²) >= 11 is 5.86. The molecule has 0 aliphatic carbocycles. The number of hydrogen-bond donors (Lipinski definition) is 2. The van der Waals surface area contributed by atoms with Gasteiger partial charge in [-0.15, -0.1) is 0 Å². The van der Waals surface area contributed by atoms with E-state index in [1.54, 1.807) is 30.3 Å². The molecule has 4 amide bonds. The second-order valence-corrected chi connectivity index (χ2v) is 8.71. The van der Waals surface area contributed by atoms with Crippen LogP contribution in [0, 0.1) is 5.82 Å². The number of aromatic nitrogens is 1. The highest BCUT2D eigenvalue weighted by molar-refractivity contribution is 6.30. The van der Waals surface area contributed by atoms with E-state index in [0.717, 1.165) is 5.56 Å². The van der Waals surface area contributed by atoms with Crippen LogP contribution in [0.15, 0.2) is 60.8 Å². The van der Waals surface area contributed by atoms with E-state index in [-0.39, 0.29) is 30.6 Å². The molecule has 1 unspecified atom stereocenters. The minimum atomic E-state index is -0.992. The Balaban J connectivity index is 1.37. The largest absolute Gasteiger partial charge is 0.370 e. The maximum atomic E-state index is 15.0. The van der Waals surface area contributed by atoms with Crippen molar-refractivity contribution in [3.8, 4) is 0 Å². The number of carbonyl (C=O) groups excluding carboxylic acids is 3. The van der Waals surface area contributed by atoms with Gasteiger partial charge in [-0.2, -0.15) is 0 Å². The molecule has 0 radical (unpaired) electrons. The minimum Gasteiger partial charge on any atom is -0.370 e. The molecule has 1 atom stereocenters. The topological polar surface area (TPSA) is 104 Å². The number of anilines is 3. The number of morpholine rings is 1. The van der Waals surface area contributed by atoms with Gasteiger partial charge in [0.2, 0.25) is 0 Å². The van der Waals surface area contributed by atoms with Crippen LogP contribution < -0.4 is 15.5 Å². The Hall–Kier alpha value is -4.02. The molecule has 0 bridgehead atoms. The van der Waals surface area contributed by atoms with Gasteiger partial charge in [-0.3, -0.25) is 14.9 Å². The van der Waals surface area contributed by atoms with Crippen LogP contribution in [0.4, 0.5) is 26.4 Å². The zero-order chi connectivity index (χ0) is 25.2. The van der Waals surface area contributed by atoms with Crippen molar-refractivity contribution in [2.45, 2.75) is 12.6 Å². The zero-order valence-electron chi connectivity index (χ0n) is 18.9. The van der Waals surface area contributed by atoms with Gasteiger partial charge in [0.1, 0.15) is 24.3 Å². The van der Waals surface area contributed by atoms with Crippen LogP contribution in [0.3, 0.4) is 0 Å². The summed E-state index contributed by atoms with van der Waals surface area (Å²) in [7, 11) is 0. The molecule has 2 aliphatic rings. The average molecular weight is 510 g/mol. The van der Waals surface area contributed by atoms with Gasteiger partial charge in [0.05, 0.1) is 17.3 Å². The molecule has 0 saturated carbocycles. The molecule has 1 aromatic heterocycles. The maximum Gasteiger partial charge on any atom is 0.324 e. The molecule has 3 heterocycles. The number of hydrogen-bond acceptors (Lipinski definition) is 5. The van der Waals surface area contributed by atoms with E-state index >= 15 is 0 Å². The number of amides is 4. The van der Waals surface area contributed by atoms with Crippen molar-refractivity contribution in [2.24, 2.45) is 0 Å². The minimum absolute atomic E-state index is 0.0615. The third kappa shape index (κ3) is 4.73. The van der Waals surface area contributed by atoms with Crippen molar-refractivity contribution in [1.29, 1.82) is 0 Å². The number of nitrogens with one attached hydrogen (secondary N) is 2. The Labute approximate surface area is 210 Å². The molecule has 2 N–H and O–H groups in total. The quantitative estimate of drug-likeness (QED) is 0.554. The molecule has 11 heteroatoms. The lowest BCUT2D eigenvalue weighted by Crippen LogP contribution is -2.41.